The number of hydrogen-bond donors (Lipinski definition) is 1. The Morgan fingerprint density at radius 3 is 2.76 bits per heavy atom. The summed E-state index contributed by atoms with van der Waals surface area (Å²) in [6.45, 7) is 5.41. The molecule has 1 amide bonds. The van der Waals surface area contributed by atoms with Crippen LogP contribution in [0.1, 0.15) is 55.6 Å². The lowest BCUT2D eigenvalue weighted by Gasteiger charge is -2.28. The molecule has 4 rings (SSSR count). The number of carbonyl (C=O) groups excluding carboxylic acids is 2. The van der Waals surface area contributed by atoms with Crippen LogP contribution in [0.15, 0.2) is 27.8 Å². The Morgan fingerprint density at radius 1 is 1.31 bits per heavy atom. The molecule has 0 spiro atoms. The van der Waals surface area contributed by atoms with Crippen molar-refractivity contribution in [2.75, 3.05) is 5.75 Å². The molecule has 0 aromatic carbocycles. The second-order valence-electron chi connectivity index (χ2n) is 8.33. The van der Waals surface area contributed by atoms with E-state index < -0.39 is 0 Å². The molecule has 29 heavy (non-hydrogen) atoms. The zero-order valence-electron chi connectivity index (χ0n) is 17.1. The van der Waals surface area contributed by atoms with Gasteiger partial charge in [-0.05, 0) is 69.9 Å². The van der Waals surface area contributed by atoms with Crippen LogP contribution in [0.3, 0.4) is 0 Å². The van der Waals surface area contributed by atoms with E-state index in [0.29, 0.717) is 33.8 Å². The summed E-state index contributed by atoms with van der Waals surface area (Å²) in [6.07, 6.45) is 6.80. The average Bonchev–Trinajstić information content (AvgIpc) is 3.43. The smallest absolute Gasteiger partial charge is 0.230 e. The topological polar surface area (TPSA) is 85.1 Å². The van der Waals surface area contributed by atoms with E-state index in [1.165, 1.54) is 44.4 Å². The third-order valence-corrected chi connectivity index (χ3v) is 7.29. The Morgan fingerprint density at radius 2 is 2.14 bits per heavy atom. The number of Topliss-reactive ketones (excluding diaryl/α,β-unsaturated/α-hetero) is 1. The van der Waals surface area contributed by atoms with Crippen molar-refractivity contribution >= 4 is 23.5 Å². The number of nitrogens with one attached hydrogen (secondary N) is 1. The fourth-order valence-electron chi connectivity index (χ4n) is 5.02. The molecule has 2 fully saturated rings. The molecule has 2 aromatic heterocycles. The van der Waals surface area contributed by atoms with Crippen molar-refractivity contribution in [2.24, 2.45) is 17.8 Å². The number of aromatic nitrogens is 2. The Labute approximate surface area is 175 Å². The first-order valence-electron chi connectivity index (χ1n) is 10.3. The van der Waals surface area contributed by atoms with Crippen molar-refractivity contribution in [3.63, 3.8) is 0 Å². The van der Waals surface area contributed by atoms with Gasteiger partial charge >= 0.3 is 0 Å². The maximum atomic E-state index is 12.6. The Balaban J connectivity index is 1.44. The molecule has 1 N–H and O–H groups in total. The van der Waals surface area contributed by atoms with Gasteiger partial charge in [0, 0.05) is 6.04 Å². The molecule has 4 atom stereocenters. The lowest BCUT2D eigenvalue weighted by molar-refractivity contribution is -0.119. The van der Waals surface area contributed by atoms with E-state index in [2.05, 4.69) is 22.2 Å². The second-order valence-corrected chi connectivity index (χ2v) is 9.29. The highest BCUT2D eigenvalue weighted by molar-refractivity contribution is 8.00. The van der Waals surface area contributed by atoms with E-state index in [1.807, 2.05) is 0 Å². The Hall–Kier alpha value is -2.15. The molecule has 6 nitrogen and oxygen atoms in total. The van der Waals surface area contributed by atoms with Crippen molar-refractivity contribution in [3.05, 3.63) is 29.7 Å². The van der Waals surface area contributed by atoms with Crippen LogP contribution in [0.5, 0.6) is 0 Å². The van der Waals surface area contributed by atoms with Gasteiger partial charge in [0.05, 0.1) is 23.3 Å². The van der Waals surface area contributed by atoms with Crippen molar-refractivity contribution in [1.29, 1.82) is 0 Å². The Kier molecular flexibility index (Phi) is 5.76. The molecule has 0 radical (unpaired) electrons. The highest BCUT2D eigenvalue weighted by atomic mass is 32.2. The summed E-state index contributed by atoms with van der Waals surface area (Å²) in [4.78, 5) is 33.6. The van der Waals surface area contributed by atoms with Gasteiger partial charge in [-0.1, -0.05) is 18.2 Å². The molecule has 2 heterocycles. The van der Waals surface area contributed by atoms with Crippen LogP contribution in [0, 0.1) is 24.7 Å². The summed E-state index contributed by atoms with van der Waals surface area (Å²) in [5, 5.41) is 3.70. The molecule has 2 aliphatic carbocycles. The quantitative estimate of drug-likeness (QED) is 0.414. The van der Waals surface area contributed by atoms with E-state index in [-0.39, 0.29) is 23.5 Å². The lowest BCUT2D eigenvalue weighted by atomic mass is 9.84. The number of hydrogen-bond acceptors (Lipinski definition) is 6. The van der Waals surface area contributed by atoms with Crippen LogP contribution in [0.4, 0.5) is 0 Å². The summed E-state index contributed by atoms with van der Waals surface area (Å²) in [5.41, 5.74) is 1.07. The van der Waals surface area contributed by atoms with Crippen molar-refractivity contribution in [1.82, 2.24) is 15.3 Å². The Bertz CT molecular complexity index is 912. The average molecular weight is 414 g/mol. The highest BCUT2D eigenvalue weighted by Gasteiger charge is 2.42. The van der Waals surface area contributed by atoms with Crippen LogP contribution in [0.2, 0.25) is 0 Å². The monoisotopic (exact) mass is 413 g/mol. The predicted octanol–water partition coefficient (Wildman–Crippen LogP) is 4.28. The number of amides is 1. The molecule has 2 bridgehead atoms. The maximum Gasteiger partial charge on any atom is 0.230 e. The van der Waals surface area contributed by atoms with Crippen molar-refractivity contribution < 1.29 is 14.0 Å². The normalized spacial score (nSPS) is 23.9. The first-order valence-corrected chi connectivity index (χ1v) is 11.3. The molecular formula is C22H27N3O3S. The summed E-state index contributed by atoms with van der Waals surface area (Å²) in [5.74, 6) is 3.30. The molecule has 2 aromatic rings. The van der Waals surface area contributed by atoms with Gasteiger partial charge in [0.1, 0.15) is 5.03 Å². The standard InChI is InChI=1S/C22H27N3O3S/c1-12(17-10-15-6-7-16(17)9-15)23-19(27)11-29-22-20(14(3)26)13(2)24-21(25-22)18-5-4-8-28-18/h4-5,8,12,15-17H,6-7,9-11H2,1-3H3,(H,23,27)/t12-,15-,16-,17+/m0/s1. The number of fused-ring (bicyclic) bond motifs is 2. The van der Waals surface area contributed by atoms with E-state index in [9.17, 15) is 9.59 Å². The van der Waals surface area contributed by atoms with Gasteiger partial charge < -0.3 is 9.73 Å². The molecule has 0 aliphatic heterocycles. The number of thioether (sulfide) groups is 1. The summed E-state index contributed by atoms with van der Waals surface area (Å²) < 4.78 is 5.39. The fraction of sp³-hybridized carbons (Fsp3) is 0.545. The minimum absolute atomic E-state index is 0.0180. The van der Waals surface area contributed by atoms with Crippen LogP contribution in [-0.2, 0) is 4.79 Å². The lowest BCUT2D eigenvalue weighted by Crippen LogP contribution is -2.40. The van der Waals surface area contributed by atoms with E-state index in [1.54, 1.807) is 25.3 Å². The molecular weight excluding hydrogens is 386 g/mol. The minimum Gasteiger partial charge on any atom is -0.461 e. The van der Waals surface area contributed by atoms with E-state index in [4.69, 9.17) is 4.42 Å². The number of furan rings is 1. The van der Waals surface area contributed by atoms with Crippen LogP contribution >= 0.6 is 11.8 Å². The molecule has 7 heteroatoms. The number of nitrogens with zero attached hydrogens (tertiary/aromatic N) is 2. The SMILES string of the molecule is CC(=O)c1c(C)nc(-c2ccco2)nc1SCC(=O)N[C@@H](C)[C@H]1C[C@H]2CC[C@H]1C2. The highest BCUT2D eigenvalue weighted by Crippen LogP contribution is 2.49. The number of aryl methyl sites for hydroxylation is 1. The second kappa shape index (κ2) is 8.30. The zero-order valence-corrected chi connectivity index (χ0v) is 17.9. The fourth-order valence-corrected chi connectivity index (χ4v) is 5.95. The molecule has 2 saturated carbocycles. The van der Waals surface area contributed by atoms with Gasteiger partial charge in [0.2, 0.25) is 5.91 Å². The summed E-state index contributed by atoms with van der Waals surface area (Å²) in [6, 6.07) is 3.74. The minimum atomic E-state index is -0.105. The van der Waals surface area contributed by atoms with Gasteiger partial charge in [-0.3, -0.25) is 9.59 Å². The first kappa shape index (κ1) is 20.1. The molecule has 2 aliphatic rings. The van der Waals surface area contributed by atoms with Gasteiger partial charge in [-0.2, -0.15) is 0 Å². The summed E-state index contributed by atoms with van der Waals surface area (Å²) in [7, 11) is 0. The number of ketones is 1. The van der Waals surface area contributed by atoms with E-state index in [0.717, 1.165) is 11.8 Å². The molecule has 0 saturated heterocycles. The number of rotatable bonds is 7. The van der Waals surface area contributed by atoms with Crippen LogP contribution in [0.25, 0.3) is 11.6 Å². The van der Waals surface area contributed by atoms with Crippen LogP contribution < -0.4 is 5.32 Å². The zero-order chi connectivity index (χ0) is 20.5. The third-order valence-electron chi connectivity index (χ3n) is 6.31. The maximum absolute atomic E-state index is 12.6. The first-order chi connectivity index (χ1) is 13.9. The summed E-state index contributed by atoms with van der Waals surface area (Å²) >= 11 is 1.28. The molecule has 0 unspecified atom stereocenters. The number of carbonyl (C=O) groups is 2. The van der Waals surface area contributed by atoms with Crippen molar-refractivity contribution in [3.8, 4) is 11.6 Å². The van der Waals surface area contributed by atoms with Gasteiger partial charge in [-0.25, -0.2) is 9.97 Å². The molecule has 154 valence electrons. The largest absolute Gasteiger partial charge is 0.461 e. The van der Waals surface area contributed by atoms with Gasteiger partial charge in [0.25, 0.3) is 0 Å². The van der Waals surface area contributed by atoms with Crippen molar-refractivity contribution in [2.45, 2.75) is 57.5 Å². The van der Waals surface area contributed by atoms with Gasteiger partial charge in [0.15, 0.2) is 17.4 Å². The van der Waals surface area contributed by atoms with E-state index >= 15 is 0 Å². The predicted molar refractivity (Wildman–Crippen MR) is 112 cm³/mol. The third kappa shape index (κ3) is 4.25. The van der Waals surface area contributed by atoms with Crippen LogP contribution in [-0.4, -0.2) is 33.5 Å². The van der Waals surface area contributed by atoms with Gasteiger partial charge in [-0.15, -0.1) is 0 Å².